The van der Waals surface area contributed by atoms with E-state index in [0.717, 1.165) is 11.1 Å². The third-order valence-corrected chi connectivity index (χ3v) is 5.64. The molecule has 0 saturated carbocycles. The number of ether oxygens (including phenoxy) is 1. The van der Waals surface area contributed by atoms with Gasteiger partial charge in [0.25, 0.3) is 5.91 Å². The van der Waals surface area contributed by atoms with Crippen molar-refractivity contribution >= 4 is 51.6 Å². The van der Waals surface area contributed by atoms with Gasteiger partial charge in [0.1, 0.15) is 11.4 Å². The summed E-state index contributed by atoms with van der Waals surface area (Å²) in [5.41, 5.74) is 5.98. The van der Waals surface area contributed by atoms with Gasteiger partial charge in [0, 0.05) is 21.8 Å². The van der Waals surface area contributed by atoms with Gasteiger partial charge in [-0.1, -0.05) is 23.7 Å². The third-order valence-electron chi connectivity index (χ3n) is 5.40. The molecule has 9 heteroatoms. The zero-order valence-corrected chi connectivity index (χ0v) is 20.1. The number of anilines is 2. The van der Waals surface area contributed by atoms with Crippen molar-refractivity contribution in [2.75, 3.05) is 23.2 Å². The molecule has 178 valence electrons. The molecule has 1 aromatic heterocycles. The van der Waals surface area contributed by atoms with E-state index < -0.39 is 17.7 Å². The molecule has 0 spiro atoms. The van der Waals surface area contributed by atoms with Gasteiger partial charge in [-0.05, 0) is 79.6 Å². The number of halogens is 1. The molecule has 0 bridgehead atoms. The van der Waals surface area contributed by atoms with E-state index in [4.69, 9.17) is 16.3 Å². The third kappa shape index (κ3) is 5.28. The van der Waals surface area contributed by atoms with Gasteiger partial charge in [-0.15, -0.1) is 0 Å². The highest BCUT2D eigenvalue weighted by Crippen LogP contribution is 2.24. The molecule has 0 aliphatic carbocycles. The van der Waals surface area contributed by atoms with Crippen LogP contribution < -0.4 is 20.8 Å². The summed E-state index contributed by atoms with van der Waals surface area (Å²) in [5, 5.41) is 6.49. The molecule has 0 unspecified atom stereocenters. The van der Waals surface area contributed by atoms with Gasteiger partial charge in [-0.25, -0.2) is 4.68 Å². The molecule has 0 aliphatic rings. The van der Waals surface area contributed by atoms with Crippen LogP contribution in [-0.4, -0.2) is 29.5 Å². The lowest BCUT2D eigenvalue weighted by Gasteiger charge is -2.14. The number of carbonyl (C=O) groups is 3. The van der Waals surface area contributed by atoms with Crippen LogP contribution in [0.2, 0.25) is 5.02 Å². The lowest BCUT2D eigenvalue weighted by Crippen LogP contribution is -2.36. The van der Waals surface area contributed by atoms with Gasteiger partial charge in [0.2, 0.25) is 0 Å². The summed E-state index contributed by atoms with van der Waals surface area (Å²) < 4.78 is 6.41. The molecule has 4 rings (SSSR count). The number of carbonyl (C=O) groups excluding carboxylic acids is 3. The number of methoxy groups -OCH3 is 1. The predicted octanol–water partition coefficient (Wildman–Crippen LogP) is 4.88. The first-order valence-electron chi connectivity index (χ1n) is 10.7. The highest BCUT2D eigenvalue weighted by Gasteiger charge is 2.21. The Labute approximate surface area is 206 Å². The average Bonchev–Trinajstić information content (AvgIpc) is 3.19. The van der Waals surface area contributed by atoms with Crippen LogP contribution in [0.3, 0.4) is 0 Å². The summed E-state index contributed by atoms with van der Waals surface area (Å²) in [4.78, 5) is 38.6. The fourth-order valence-electron chi connectivity index (χ4n) is 3.55. The van der Waals surface area contributed by atoms with Crippen LogP contribution in [0, 0.1) is 13.8 Å². The summed E-state index contributed by atoms with van der Waals surface area (Å²) in [7, 11) is 1.55. The Kier molecular flexibility index (Phi) is 6.75. The number of nitrogens with one attached hydrogen (secondary N) is 3. The highest BCUT2D eigenvalue weighted by molar-refractivity contribution is 6.42. The van der Waals surface area contributed by atoms with Crippen molar-refractivity contribution in [3.8, 4) is 5.75 Å². The predicted molar refractivity (Wildman–Crippen MR) is 137 cm³/mol. The molecule has 0 saturated heterocycles. The monoisotopic (exact) mass is 490 g/mol. The number of benzene rings is 3. The van der Waals surface area contributed by atoms with Crippen molar-refractivity contribution in [2.24, 2.45) is 0 Å². The molecule has 35 heavy (non-hydrogen) atoms. The molecule has 0 atom stereocenters. The van der Waals surface area contributed by atoms with Gasteiger partial charge < -0.3 is 15.4 Å². The van der Waals surface area contributed by atoms with Crippen molar-refractivity contribution in [2.45, 2.75) is 13.8 Å². The van der Waals surface area contributed by atoms with Crippen molar-refractivity contribution in [1.82, 2.24) is 4.68 Å². The van der Waals surface area contributed by atoms with E-state index in [2.05, 4.69) is 16.1 Å². The lowest BCUT2D eigenvalue weighted by molar-refractivity contribution is -0.133. The summed E-state index contributed by atoms with van der Waals surface area (Å²) in [5.74, 6) is -1.64. The fourth-order valence-corrected chi connectivity index (χ4v) is 3.73. The molecule has 3 N–H and O–H groups in total. The Hall–Kier alpha value is -4.30. The minimum Gasteiger partial charge on any atom is -0.497 e. The molecule has 0 radical (unpaired) electrons. The second-order valence-electron chi connectivity index (χ2n) is 7.96. The van der Waals surface area contributed by atoms with Crippen LogP contribution >= 0.6 is 11.6 Å². The van der Waals surface area contributed by atoms with Crippen molar-refractivity contribution < 1.29 is 19.1 Å². The van der Waals surface area contributed by atoms with Crippen molar-refractivity contribution in [1.29, 1.82) is 0 Å². The quantitative estimate of drug-likeness (QED) is 0.347. The van der Waals surface area contributed by atoms with E-state index in [0.29, 0.717) is 33.0 Å². The Balaban J connectivity index is 1.62. The molecule has 1 heterocycles. The highest BCUT2D eigenvalue weighted by atomic mass is 35.5. The van der Waals surface area contributed by atoms with E-state index in [1.807, 2.05) is 26.0 Å². The number of hydrogen-bond donors (Lipinski definition) is 3. The summed E-state index contributed by atoms with van der Waals surface area (Å²) in [6, 6.07) is 18.9. The second-order valence-corrected chi connectivity index (χ2v) is 8.40. The normalized spacial score (nSPS) is 10.6. The van der Waals surface area contributed by atoms with Gasteiger partial charge in [-0.2, -0.15) is 0 Å². The molecule has 3 amide bonds. The maximum Gasteiger partial charge on any atom is 0.328 e. The first-order chi connectivity index (χ1) is 16.7. The minimum absolute atomic E-state index is 0.117. The second kappa shape index (κ2) is 9.90. The van der Waals surface area contributed by atoms with Crippen molar-refractivity contribution in [3.63, 3.8) is 0 Å². The minimum atomic E-state index is -0.933. The van der Waals surface area contributed by atoms with E-state index in [1.165, 1.54) is 4.68 Å². The molecule has 0 aliphatic heterocycles. The maximum absolute atomic E-state index is 13.1. The number of rotatable bonds is 5. The standard InChI is InChI=1S/C26H23ClN4O4/c1-15-4-5-16(2)21(12-15)29-25(33)26(34)30-31-22-11-6-18(27)13-17(22)14-23(31)24(32)28-19-7-9-20(35-3)10-8-19/h4-14H,1-3H3,(H,28,32)(H,29,33)(H,30,34). The number of amides is 3. The van der Waals surface area contributed by atoms with Gasteiger partial charge >= 0.3 is 11.8 Å². The average molecular weight is 491 g/mol. The van der Waals surface area contributed by atoms with Crippen LogP contribution in [0.1, 0.15) is 21.6 Å². The van der Waals surface area contributed by atoms with Crippen LogP contribution in [0.25, 0.3) is 10.9 Å². The number of fused-ring (bicyclic) bond motifs is 1. The van der Waals surface area contributed by atoms with Crippen LogP contribution in [-0.2, 0) is 9.59 Å². The molecule has 8 nitrogen and oxygen atoms in total. The fraction of sp³-hybridized carbons (Fsp3) is 0.115. The first kappa shape index (κ1) is 23.8. The SMILES string of the molecule is COc1ccc(NC(=O)c2cc3cc(Cl)ccc3n2NC(=O)C(=O)Nc2cc(C)ccc2C)cc1. The summed E-state index contributed by atoms with van der Waals surface area (Å²) in [6.07, 6.45) is 0. The number of aromatic nitrogens is 1. The van der Waals surface area contributed by atoms with Crippen LogP contribution in [0.4, 0.5) is 11.4 Å². The summed E-state index contributed by atoms with van der Waals surface area (Å²) in [6.45, 7) is 3.72. The molecular formula is C26H23ClN4O4. The largest absolute Gasteiger partial charge is 0.497 e. The number of hydrogen-bond acceptors (Lipinski definition) is 4. The van der Waals surface area contributed by atoms with E-state index in [1.54, 1.807) is 61.7 Å². The van der Waals surface area contributed by atoms with E-state index >= 15 is 0 Å². The Bertz CT molecular complexity index is 1440. The number of aryl methyl sites for hydroxylation is 2. The Morgan fingerprint density at radius 2 is 1.60 bits per heavy atom. The van der Waals surface area contributed by atoms with Gasteiger partial charge in [-0.3, -0.25) is 19.8 Å². The molecule has 0 fully saturated rings. The van der Waals surface area contributed by atoms with Crippen LogP contribution in [0.5, 0.6) is 5.75 Å². The Morgan fingerprint density at radius 3 is 2.31 bits per heavy atom. The maximum atomic E-state index is 13.1. The van der Waals surface area contributed by atoms with Gasteiger partial charge in [0.05, 0.1) is 12.6 Å². The zero-order chi connectivity index (χ0) is 25.1. The number of nitrogens with zero attached hydrogens (tertiary/aromatic N) is 1. The smallest absolute Gasteiger partial charge is 0.328 e. The summed E-state index contributed by atoms with van der Waals surface area (Å²) >= 11 is 6.12. The van der Waals surface area contributed by atoms with Gasteiger partial charge in [0.15, 0.2) is 0 Å². The zero-order valence-electron chi connectivity index (χ0n) is 19.3. The van der Waals surface area contributed by atoms with E-state index in [9.17, 15) is 14.4 Å². The lowest BCUT2D eigenvalue weighted by atomic mass is 10.1. The first-order valence-corrected chi connectivity index (χ1v) is 11.1. The molecular weight excluding hydrogens is 468 g/mol. The molecule has 4 aromatic rings. The molecule has 3 aromatic carbocycles. The Morgan fingerprint density at radius 1 is 0.857 bits per heavy atom. The van der Waals surface area contributed by atoms with Crippen LogP contribution in [0.15, 0.2) is 66.7 Å². The topological polar surface area (TPSA) is 101 Å². The van der Waals surface area contributed by atoms with E-state index in [-0.39, 0.29) is 5.69 Å². The van der Waals surface area contributed by atoms with Crippen molar-refractivity contribution in [3.05, 3.63) is 88.6 Å².